The predicted octanol–water partition coefficient (Wildman–Crippen LogP) is 2.59. The lowest BCUT2D eigenvalue weighted by atomic mass is 10.1. The lowest BCUT2D eigenvalue weighted by molar-refractivity contribution is 0.178. The van der Waals surface area contributed by atoms with Crippen LogP contribution in [-0.2, 0) is 11.3 Å². The monoisotopic (exact) mass is 274 g/mol. The van der Waals surface area contributed by atoms with Gasteiger partial charge in [0.05, 0.1) is 5.69 Å². The largest absolute Gasteiger partial charge is 0.377 e. The van der Waals surface area contributed by atoms with Crippen LogP contribution in [0.2, 0.25) is 5.02 Å². The van der Waals surface area contributed by atoms with Crippen molar-refractivity contribution in [1.82, 2.24) is 19.6 Å². The first-order chi connectivity index (χ1) is 9.29. The molecule has 19 heavy (non-hydrogen) atoms. The first kappa shape index (κ1) is 12.1. The highest BCUT2D eigenvalue weighted by molar-refractivity contribution is 6.33. The third-order valence-electron chi connectivity index (χ3n) is 2.71. The number of halogens is 1. The molecular weight excluding hydrogens is 264 g/mol. The van der Waals surface area contributed by atoms with Gasteiger partial charge in [-0.25, -0.2) is 4.98 Å². The Morgan fingerprint density at radius 3 is 2.89 bits per heavy atom. The normalized spacial score (nSPS) is 11.1. The van der Waals surface area contributed by atoms with Gasteiger partial charge in [0, 0.05) is 23.9 Å². The molecule has 5 nitrogen and oxygen atoms in total. The topological polar surface area (TPSA) is 52.3 Å². The summed E-state index contributed by atoms with van der Waals surface area (Å²) in [6, 6.07) is 9.47. The number of aromatic nitrogens is 4. The van der Waals surface area contributed by atoms with Gasteiger partial charge in [-0.1, -0.05) is 29.8 Å². The zero-order valence-electron chi connectivity index (χ0n) is 10.2. The van der Waals surface area contributed by atoms with E-state index in [4.69, 9.17) is 16.3 Å². The van der Waals surface area contributed by atoms with Gasteiger partial charge in [0.1, 0.15) is 6.61 Å². The van der Waals surface area contributed by atoms with E-state index in [9.17, 15) is 0 Å². The van der Waals surface area contributed by atoms with Gasteiger partial charge in [0.2, 0.25) is 0 Å². The van der Waals surface area contributed by atoms with Gasteiger partial charge >= 0.3 is 0 Å². The minimum absolute atomic E-state index is 0.353. The summed E-state index contributed by atoms with van der Waals surface area (Å²) in [6.45, 7) is 0.353. The van der Waals surface area contributed by atoms with E-state index in [-0.39, 0.29) is 0 Å². The minimum Gasteiger partial charge on any atom is -0.377 e. The number of benzene rings is 1. The standard InChI is InChI=1S/C13H11ClN4O/c1-19-8-12-16-13-15-7-6-11(18(13)17-12)9-4-2-3-5-10(9)14/h2-7H,8H2,1H3. The van der Waals surface area contributed by atoms with Crippen LogP contribution in [0.1, 0.15) is 5.82 Å². The number of fused-ring (bicyclic) bond motifs is 1. The minimum atomic E-state index is 0.353. The zero-order valence-corrected chi connectivity index (χ0v) is 11.0. The van der Waals surface area contributed by atoms with E-state index in [1.807, 2.05) is 30.3 Å². The zero-order chi connectivity index (χ0) is 13.2. The molecule has 0 amide bonds. The van der Waals surface area contributed by atoms with Crippen molar-refractivity contribution in [2.24, 2.45) is 0 Å². The molecule has 0 bridgehead atoms. The Balaban J connectivity index is 2.21. The van der Waals surface area contributed by atoms with E-state index in [1.54, 1.807) is 17.8 Å². The fourth-order valence-electron chi connectivity index (χ4n) is 1.90. The van der Waals surface area contributed by atoms with Crippen LogP contribution in [-0.4, -0.2) is 26.7 Å². The van der Waals surface area contributed by atoms with E-state index in [0.717, 1.165) is 11.3 Å². The summed E-state index contributed by atoms with van der Waals surface area (Å²) in [5, 5.41) is 5.04. The van der Waals surface area contributed by atoms with Crippen molar-refractivity contribution in [2.45, 2.75) is 6.61 Å². The van der Waals surface area contributed by atoms with Crippen molar-refractivity contribution in [1.29, 1.82) is 0 Å². The smallest absolute Gasteiger partial charge is 0.253 e. The number of ether oxygens (including phenoxy) is 1. The van der Waals surface area contributed by atoms with Gasteiger partial charge in [-0.05, 0) is 12.1 Å². The Kier molecular flexibility index (Phi) is 3.15. The van der Waals surface area contributed by atoms with Gasteiger partial charge < -0.3 is 4.74 Å². The van der Waals surface area contributed by atoms with Crippen LogP contribution in [0.5, 0.6) is 0 Å². The molecule has 6 heteroatoms. The van der Waals surface area contributed by atoms with Crippen LogP contribution in [0.4, 0.5) is 0 Å². The molecule has 3 rings (SSSR count). The number of rotatable bonds is 3. The first-order valence-electron chi connectivity index (χ1n) is 5.74. The summed E-state index contributed by atoms with van der Waals surface area (Å²) in [5.74, 6) is 1.12. The van der Waals surface area contributed by atoms with Crippen LogP contribution in [0.25, 0.3) is 17.0 Å². The van der Waals surface area contributed by atoms with Crippen LogP contribution in [0.15, 0.2) is 36.5 Å². The second kappa shape index (κ2) is 4.95. The lowest BCUT2D eigenvalue weighted by Gasteiger charge is -2.05. The summed E-state index contributed by atoms with van der Waals surface area (Å²) in [6.07, 6.45) is 1.69. The Labute approximate surface area is 114 Å². The van der Waals surface area contributed by atoms with Crippen LogP contribution >= 0.6 is 11.6 Å². The van der Waals surface area contributed by atoms with E-state index >= 15 is 0 Å². The average molecular weight is 275 g/mol. The molecule has 0 saturated heterocycles. The number of hydrogen-bond acceptors (Lipinski definition) is 4. The first-order valence-corrected chi connectivity index (χ1v) is 6.12. The van der Waals surface area contributed by atoms with Crippen LogP contribution in [0.3, 0.4) is 0 Å². The highest BCUT2D eigenvalue weighted by Gasteiger charge is 2.11. The van der Waals surface area contributed by atoms with Crippen molar-refractivity contribution in [3.8, 4) is 11.3 Å². The van der Waals surface area contributed by atoms with E-state index in [2.05, 4.69) is 15.1 Å². The molecule has 2 heterocycles. The van der Waals surface area contributed by atoms with Crippen molar-refractivity contribution in [3.05, 3.63) is 47.4 Å². The molecule has 0 saturated carbocycles. The Morgan fingerprint density at radius 1 is 1.26 bits per heavy atom. The molecule has 0 aliphatic carbocycles. The van der Waals surface area contributed by atoms with Gasteiger partial charge in [0.15, 0.2) is 5.82 Å². The van der Waals surface area contributed by atoms with Gasteiger partial charge in [0.25, 0.3) is 5.78 Å². The van der Waals surface area contributed by atoms with Crippen LogP contribution in [0, 0.1) is 0 Å². The predicted molar refractivity (Wildman–Crippen MR) is 71.9 cm³/mol. The fourth-order valence-corrected chi connectivity index (χ4v) is 2.13. The Hall–Kier alpha value is -1.98. The van der Waals surface area contributed by atoms with Gasteiger partial charge in [-0.2, -0.15) is 9.50 Å². The second-order valence-corrected chi connectivity index (χ2v) is 4.39. The molecule has 0 atom stereocenters. The quantitative estimate of drug-likeness (QED) is 0.737. The molecular formula is C13H11ClN4O. The molecule has 1 aromatic carbocycles. The second-order valence-electron chi connectivity index (χ2n) is 3.98. The summed E-state index contributed by atoms with van der Waals surface area (Å²) in [5.41, 5.74) is 1.75. The maximum Gasteiger partial charge on any atom is 0.253 e. The van der Waals surface area contributed by atoms with E-state index < -0.39 is 0 Å². The number of methoxy groups -OCH3 is 1. The molecule has 0 unspecified atom stereocenters. The third-order valence-corrected chi connectivity index (χ3v) is 3.04. The maximum atomic E-state index is 6.22. The molecule has 0 radical (unpaired) electrons. The molecule has 3 aromatic rings. The maximum absolute atomic E-state index is 6.22. The summed E-state index contributed by atoms with van der Waals surface area (Å²) in [7, 11) is 1.61. The Bertz CT molecular complexity index is 725. The SMILES string of the molecule is COCc1nc2nccc(-c3ccccc3Cl)n2n1. The molecule has 0 N–H and O–H groups in total. The summed E-state index contributed by atoms with van der Waals surface area (Å²) >= 11 is 6.22. The fraction of sp³-hybridized carbons (Fsp3) is 0.154. The number of nitrogens with zero attached hydrogens (tertiary/aromatic N) is 4. The highest BCUT2D eigenvalue weighted by Crippen LogP contribution is 2.26. The summed E-state index contributed by atoms with van der Waals surface area (Å²) in [4.78, 5) is 8.48. The molecule has 0 fully saturated rings. The van der Waals surface area contributed by atoms with Crippen molar-refractivity contribution < 1.29 is 4.74 Å². The highest BCUT2D eigenvalue weighted by atomic mass is 35.5. The molecule has 0 aliphatic rings. The van der Waals surface area contributed by atoms with Crippen molar-refractivity contribution in [3.63, 3.8) is 0 Å². The lowest BCUT2D eigenvalue weighted by Crippen LogP contribution is -1.97. The Morgan fingerprint density at radius 2 is 2.11 bits per heavy atom. The van der Waals surface area contributed by atoms with E-state index in [0.29, 0.717) is 23.2 Å². The van der Waals surface area contributed by atoms with Gasteiger partial charge in [-0.3, -0.25) is 0 Å². The van der Waals surface area contributed by atoms with Crippen molar-refractivity contribution >= 4 is 17.4 Å². The average Bonchev–Trinajstić information content (AvgIpc) is 2.82. The molecule has 0 aliphatic heterocycles. The van der Waals surface area contributed by atoms with Crippen molar-refractivity contribution in [2.75, 3.05) is 7.11 Å². The molecule has 2 aromatic heterocycles. The summed E-state index contributed by atoms with van der Waals surface area (Å²) < 4.78 is 6.71. The van der Waals surface area contributed by atoms with Gasteiger partial charge in [-0.15, -0.1) is 5.10 Å². The molecule has 0 spiro atoms. The number of hydrogen-bond donors (Lipinski definition) is 0. The van der Waals surface area contributed by atoms with E-state index in [1.165, 1.54) is 0 Å². The molecule has 96 valence electrons. The van der Waals surface area contributed by atoms with Crippen LogP contribution < -0.4 is 0 Å². The third kappa shape index (κ3) is 2.18.